The molecule has 1 aliphatic rings. The standard InChI is InChI=1S/C26H25NO4S/c1-2-16-31-20-12-10-19(11-13-20)24(28)22-23(21-9-6-17-32-21)27(26(30)25(22)29)15-14-18-7-4-3-5-8-18/h3-13,17,23,28H,2,14-16H2,1H3. The van der Waals surface area contributed by atoms with E-state index >= 15 is 0 Å². The Morgan fingerprint density at radius 2 is 1.78 bits per heavy atom. The molecule has 0 saturated carbocycles. The van der Waals surface area contributed by atoms with Gasteiger partial charge in [-0.15, -0.1) is 11.3 Å². The highest BCUT2D eigenvalue weighted by Gasteiger charge is 2.46. The summed E-state index contributed by atoms with van der Waals surface area (Å²) in [6.45, 7) is 3.02. The quantitative estimate of drug-likeness (QED) is 0.293. The third-order valence-corrected chi connectivity index (χ3v) is 6.36. The summed E-state index contributed by atoms with van der Waals surface area (Å²) in [5.74, 6) is -0.698. The molecule has 0 bridgehead atoms. The third kappa shape index (κ3) is 4.46. The Bertz CT molecular complexity index is 1100. The number of ether oxygens (including phenoxy) is 1. The summed E-state index contributed by atoms with van der Waals surface area (Å²) in [6, 6.07) is 20.0. The van der Waals surface area contributed by atoms with E-state index in [1.807, 2.05) is 54.8 Å². The van der Waals surface area contributed by atoms with Gasteiger partial charge in [0.25, 0.3) is 11.7 Å². The van der Waals surface area contributed by atoms with Gasteiger partial charge in [0, 0.05) is 17.0 Å². The number of carbonyl (C=O) groups excluding carboxylic acids is 2. The van der Waals surface area contributed by atoms with E-state index in [2.05, 4.69) is 0 Å². The smallest absolute Gasteiger partial charge is 0.295 e. The van der Waals surface area contributed by atoms with Crippen molar-refractivity contribution >= 4 is 28.8 Å². The van der Waals surface area contributed by atoms with Gasteiger partial charge >= 0.3 is 0 Å². The highest BCUT2D eigenvalue weighted by Crippen LogP contribution is 2.41. The van der Waals surface area contributed by atoms with Crippen molar-refractivity contribution in [1.82, 2.24) is 4.90 Å². The molecule has 4 rings (SSSR count). The molecule has 0 spiro atoms. The molecular formula is C26H25NO4S. The molecule has 1 fully saturated rings. The second-order valence-corrected chi connectivity index (χ2v) is 8.60. The topological polar surface area (TPSA) is 66.8 Å². The van der Waals surface area contributed by atoms with Crippen molar-refractivity contribution in [2.45, 2.75) is 25.8 Å². The lowest BCUT2D eigenvalue weighted by molar-refractivity contribution is -0.139. The zero-order chi connectivity index (χ0) is 22.5. The monoisotopic (exact) mass is 447 g/mol. The minimum absolute atomic E-state index is 0.132. The molecule has 32 heavy (non-hydrogen) atoms. The van der Waals surface area contributed by atoms with Crippen molar-refractivity contribution in [2.24, 2.45) is 0 Å². The first-order chi connectivity index (χ1) is 15.6. The predicted octanol–water partition coefficient (Wildman–Crippen LogP) is 5.20. The lowest BCUT2D eigenvalue weighted by Crippen LogP contribution is -2.31. The molecule has 164 valence electrons. The zero-order valence-corrected chi connectivity index (χ0v) is 18.7. The van der Waals surface area contributed by atoms with Crippen LogP contribution in [0.25, 0.3) is 5.76 Å². The van der Waals surface area contributed by atoms with Crippen LogP contribution < -0.4 is 4.74 Å². The van der Waals surface area contributed by atoms with Gasteiger partial charge in [-0.2, -0.15) is 0 Å². The molecular weight excluding hydrogens is 422 g/mol. The molecule has 0 aliphatic carbocycles. The first-order valence-electron chi connectivity index (χ1n) is 10.7. The second-order valence-electron chi connectivity index (χ2n) is 7.62. The number of carbonyl (C=O) groups is 2. The number of ketones is 1. The van der Waals surface area contributed by atoms with Gasteiger partial charge < -0.3 is 14.7 Å². The lowest BCUT2D eigenvalue weighted by Gasteiger charge is -2.24. The number of aliphatic hydroxyl groups excluding tert-OH is 1. The summed E-state index contributed by atoms with van der Waals surface area (Å²) in [6.07, 6.45) is 1.52. The van der Waals surface area contributed by atoms with Gasteiger partial charge in [0.05, 0.1) is 18.2 Å². The molecule has 1 N–H and O–H groups in total. The third-order valence-electron chi connectivity index (χ3n) is 5.44. The van der Waals surface area contributed by atoms with Crippen molar-refractivity contribution in [3.63, 3.8) is 0 Å². The van der Waals surface area contributed by atoms with Crippen LogP contribution >= 0.6 is 11.3 Å². The zero-order valence-electron chi connectivity index (χ0n) is 17.9. The first kappa shape index (κ1) is 21.8. The van der Waals surface area contributed by atoms with Gasteiger partial charge in [0.15, 0.2) is 0 Å². The number of amides is 1. The number of likely N-dealkylation sites (tertiary alicyclic amines) is 1. The van der Waals surface area contributed by atoms with Crippen LogP contribution in [0.15, 0.2) is 77.7 Å². The Morgan fingerprint density at radius 3 is 2.44 bits per heavy atom. The van der Waals surface area contributed by atoms with Crippen LogP contribution in [0, 0.1) is 0 Å². The molecule has 1 atom stereocenters. The van der Waals surface area contributed by atoms with E-state index < -0.39 is 17.7 Å². The van der Waals surface area contributed by atoms with Crippen LogP contribution in [0.2, 0.25) is 0 Å². The molecule has 1 saturated heterocycles. The highest BCUT2D eigenvalue weighted by atomic mass is 32.1. The van der Waals surface area contributed by atoms with Gasteiger partial charge in [-0.3, -0.25) is 9.59 Å². The van der Waals surface area contributed by atoms with Gasteiger partial charge in [-0.05, 0) is 54.1 Å². The summed E-state index contributed by atoms with van der Waals surface area (Å²) in [7, 11) is 0. The summed E-state index contributed by atoms with van der Waals surface area (Å²) in [5.41, 5.74) is 1.70. The number of hydrogen-bond donors (Lipinski definition) is 1. The molecule has 6 heteroatoms. The highest BCUT2D eigenvalue weighted by molar-refractivity contribution is 7.10. The Labute approximate surface area is 191 Å². The van der Waals surface area contributed by atoms with Gasteiger partial charge in [0.2, 0.25) is 0 Å². The average molecular weight is 448 g/mol. The van der Waals surface area contributed by atoms with Crippen molar-refractivity contribution in [1.29, 1.82) is 0 Å². The van der Waals surface area contributed by atoms with Crippen LogP contribution in [-0.4, -0.2) is 34.8 Å². The molecule has 1 aromatic heterocycles. The van der Waals surface area contributed by atoms with Crippen LogP contribution in [0.3, 0.4) is 0 Å². The van der Waals surface area contributed by atoms with E-state index in [4.69, 9.17) is 4.74 Å². The van der Waals surface area contributed by atoms with Crippen molar-refractivity contribution < 1.29 is 19.4 Å². The van der Waals surface area contributed by atoms with E-state index in [1.54, 1.807) is 29.2 Å². The number of thiophene rings is 1. The van der Waals surface area contributed by atoms with E-state index in [-0.39, 0.29) is 11.3 Å². The SMILES string of the molecule is CCCOc1ccc(C(O)=C2C(=O)C(=O)N(CCc3ccccc3)C2c2cccs2)cc1. The van der Waals surface area contributed by atoms with Crippen LogP contribution in [0.5, 0.6) is 5.75 Å². The molecule has 2 heterocycles. The van der Waals surface area contributed by atoms with E-state index in [9.17, 15) is 14.7 Å². The first-order valence-corrected chi connectivity index (χ1v) is 11.6. The summed E-state index contributed by atoms with van der Waals surface area (Å²) in [5, 5.41) is 13.0. The fourth-order valence-electron chi connectivity index (χ4n) is 3.83. The lowest BCUT2D eigenvalue weighted by atomic mass is 9.99. The van der Waals surface area contributed by atoms with Crippen LogP contribution in [0.1, 0.15) is 35.4 Å². The number of aliphatic hydroxyl groups is 1. The van der Waals surface area contributed by atoms with Gasteiger partial charge in [0.1, 0.15) is 11.5 Å². The van der Waals surface area contributed by atoms with Crippen molar-refractivity contribution in [3.8, 4) is 5.75 Å². The number of benzene rings is 2. The van der Waals surface area contributed by atoms with Crippen LogP contribution in [-0.2, 0) is 16.0 Å². The Morgan fingerprint density at radius 1 is 1.03 bits per heavy atom. The summed E-state index contributed by atoms with van der Waals surface area (Å²) < 4.78 is 5.60. The number of nitrogens with zero attached hydrogens (tertiary/aromatic N) is 1. The fraction of sp³-hybridized carbons (Fsp3) is 0.231. The Hall–Kier alpha value is -3.38. The maximum absolute atomic E-state index is 13.0. The molecule has 1 amide bonds. The fourth-order valence-corrected chi connectivity index (χ4v) is 4.68. The summed E-state index contributed by atoms with van der Waals surface area (Å²) in [4.78, 5) is 28.4. The molecule has 1 unspecified atom stereocenters. The Balaban J connectivity index is 1.68. The minimum atomic E-state index is -0.653. The maximum Gasteiger partial charge on any atom is 0.295 e. The maximum atomic E-state index is 13.0. The number of hydrogen-bond acceptors (Lipinski definition) is 5. The van der Waals surface area contributed by atoms with E-state index in [1.165, 1.54) is 11.3 Å². The minimum Gasteiger partial charge on any atom is -0.507 e. The summed E-state index contributed by atoms with van der Waals surface area (Å²) >= 11 is 1.47. The largest absolute Gasteiger partial charge is 0.507 e. The van der Waals surface area contributed by atoms with Crippen molar-refractivity contribution in [3.05, 3.63) is 93.7 Å². The van der Waals surface area contributed by atoms with Crippen LogP contribution in [0.4, 0.5) is 0 Å². The molecule has 2 aromatic carbocycles. The predicted molar refractivity (Wildman–Crippen MR) is 126 cm³/mol. The van der Waals surface area contributed by atoms with Crippen molar-refractivity contribution in [2.75, 3.05) is 13.2 Å². The molecule has 1 aliphatic heterocycles. The van der Waals surface area contributed by atoms with Gasteiger partial charge in [-0.1, -0.05) is 43.3 Å². The normalized spacial score (nSPS) is 17.7. The Kier molecular flexibility index (Phi) is 6.71. The number of rotatable bonds is 8. The molecule has 5 nitrogen and oxygen atoms in total. The number of Topliss-reactive ketones (excluding diaryl/α,β-unsaturated/α-hetero) is 1. The average Bonchev–Trinajstić information content (AvgIpc) is 3.44. The molecule has 3 aromatic rings. The van der Waals surface area contributed by atoms with E-state index in [0.29, 0.717) is 30.9 Å². The molecule has 0 radical (unpaired) electrons. The van der Waals surface area contributed by atoms with E-state index in [0.717, 1.165) is 16.9 Å². The second kappa shape index (κ2) is 9.83. The van der Waals surface area contributed by atoms with Gasteiger partial charge in [-0.25, -0.2) is 0 Å².